The molecule has 3 heterocycles. The third-order valence-electron chi connectivity index (χ3n) is 5.17. The minimum atomic E-state index is -4.66. The van der Waals surface area contributed by atoms with Gasteiger partial charge in [-0.25, -0.2) is 9.67 Å². The molecule has 0 radical (unpaired) electrons. The first-order chi connectivity index (χ1) is 16.4. The Labute approximate surface area is 201 Å². The molecule has 0 unspecified atom stereocenters. The standard InChI is InChI=1S/C23H20F3N5O3S/c1-11-4-5-15(12(2)8-11)34-10-31-7-6-14(30-31)21(33)29-18-17-13(3)9-16(23(24,25)26)28-22(17)35-19(18)20(27)32/h4-9H,10H2,1-3H3,(H2,27,32)(H,29,33). The number of aryl methyl sites for hydroxylation is 3. The molecule has 0 atom stereocenters. The van der Waals surface area contributed by atoms with E-state index < -0.39 is 23.7 Å². The lowest BCUT2D eigenvalue weighted by Crippen LogP contribution is -2.18. The maximum atomic E-state index is 13.2. The highest BCUT2D eigenvalue weighted by molar-refractivity contribution is 7.21. The second-order valence-electron chi connectivity index (χ2n) is 7.91. The quantitative estimate of drug-likeness (QED) is 0.392. The van der Waals surface area contributed by atoms with Crippen molar-refractivity contribution in [2.24, 2.45) is 5.73 Å². The smallest absolute Gasteiger partial charge is 0.433 e. The summed E-state index contributed by atoms with van der Waals surface area (Å²) < 4.78 is 46.7. The van der Waals surface area contributed by atoms with Crippen LogP contribution in [0.25, 0.3) is 10.2 Å². The zero-order chi connectivity index (χ0) is 25.5. The number of primary amides is 1. The molecule has 0 aliphatic carbocycles. The SMILES string of the molecule is Cc1ccc(OCn2ccc(C(=O)Nc3c(C(N)=O)sc4nc(C(F)(F)F)cc(C)c34)n2)c(C)c1. The molecule has 0 saturated heterocycles. The highest BCUT2D eigenvalue weighted by Crippen LogP contribution is 2.39. The fraction of sp³-hybridized carbons (Fsp3) is 0.217. The Bertz CT molecular complexity index is 1460. The van der Waals surface area contributed by atoms with Gasteiger partial charge in [0.25, 0.3) is 11.8 Å². The van der Waals surface area contributed by atoms with Crippen LogP contribution in [0.2, 0.25) is 0 Å². The number of fused-ring (bicyclic) bond motifs is 1. The number of hydrogen-bond donors (Lipinski definition) is 2. The van der Waals surface area contributed by atoms with Crippen LogP contribution in [-0.4, -0.2) is 26.6 Å². The molecule has 0 aliphatic rings. The largest absolute Gasteiger partial charge is 0.471 e. The van der Waals surface area contributed by atoms with Crippen LogP contribution in [0.5, 0.6) is 5.75 Å². The number of hydrogen-bond acceptors (Lipinski definition) is 6. The Morgan fingerprint density at radius 1 is 1.14 bits per heavy atom. The Kier molecular flexibility index (Phi) is 6.24. The van der Waals surface area contributed by atoms with Crippen LogP contribution in [0.3, 0.4) is 0 Å². The lowest BCUT2D eigenvalue weighted by atomic mass is 10.1. The number of carbonyl (C=O) groups is 2. The van der Waals surface area contributed by atoms with E-state index in [1.54, 1.807) is 6.20 Å². The topological polar surface area (TPSA) is 112 Å². The average molecular weight is 504 g/mol. The van der Waals surface area contributed by atoms with Gasteiger partial charge in [-0.15, -0.1) is 11.3 Å². The number of pyridine rings is 1. The molecular formula is C23H20F3N5O3S. The molecule has 4 aromatic rings. The number of nitrogens with one attached hydrogen (secondary N) is 1. The number of halogens is 3. The van der Waals surface area contributed by atoms with Gasteiger partial charge in [0.15, 0.2) is 12.4 Å². The van der Waals surface area contributed by atoms with Crippen molar-refractivity contribution in [3.05, 3.63) is 69.5 Å². The zero-order valence-corrected chi connectivity index (χ0v) is 19.7. The number of nitrogens with two attached hydrogens (primary N) is 1. The van der Waals surface area contributed by atoms with E-state index in [4.69, 9.17) is 10.5 Å². The third kappa shape index (κ3) is 4.97. The first-order valence-electron chi connectivity index (χ1n) is 10.3. The molecule has 1 aromatic carbocycles. The van der Waals surface area contributed by atoms with E-state index in [2.05, 4.69) is 15.4 Å². The van der Waals surface area contributed by atoms with E-state index in [-0.39, 0.29) is 38.8 Å². The molecule has 8 nitrogen and oxygen atoms in total. The monoisotopic (exact) mass is 503 g/mol. The second kappa shape index (κ2) is 9.02. The molecule has 0 fully saturated rings. The molecular weight excluding hydrogens is 483 g/mol. The van der Waals surface area contributed by atoms with Crippen LogP contribution < -0.4 is 15.8 Å². The predicted molar refractivity (Wildman–Crippen MR) is 125 cm³/mol. The summed E-state index contributed by atoms with van der Waals surface area (Å²) in [6.45, 7) is 5.38. The molecule has 0 saturated carbocycles. The van der Waals surface area contributed by atoms with Crippen molar-refractivity contribution >= 4 is 39.1 Å². The summed E-state index contributed by atoms with van der Waals surface area (Å²) in [5, 5.41) is 6.96. The maximum absolute atomic E-state index is 13.2. The number of alkyl halides is 3. The second-order valence-corrected chi connectivity index (χ2v) is 8.91. The first-order valence-corrected chi connectivity index (χ1v) is 11.1. The number of anilines is 1. The molecule has 35 heavy (non-hydrogen) atoms. The molecule has 12 heteroatoms. The summed E-state index contributed by atoms with van der Waals surface area (Å²) >= 11 is 0.681. The number of nitrogens with zero attached hydrogens (tertiary/aromatic N) is 3. The van der Waals surface area contributed by atoms with E-state index in [0.29, 0.717) is 17.1 Å². The third-order valence-corrected chi connectivity index (χ3v) is 6.27. The van der Waals surface area contributed by atoms with Crippen molar-refractivity contribution in [2.75, 3.05) is 5.32 Å². The van der Waals surface area contributed by atoms with Crippen molar-refractivity contribution < 1.29 is 27.5 Å². The van der Waals surface area contributed by atoms with Crippen LogP contribution in [0.4, 0.5) is 18.9 Å². The zero-order valence-electron chi connectivity index (χ0n) is 18.9. The molecule has 4 rings (SSSR count). The Hall–Kier alpha value is -3.93. The van der Waals surface area contributed by atoms with E-state index in [0.717, 1.165) is 17.2 Å². The van der Waals surface area contributed by atoms with Crippen molar-refractivity contribution in [2.45, 2.75) is 33.7 Å². The maximum Gasteiger partial charge on any atom is 0.433 e. The van der Waals surface area contributed by atoms with Gasteiger partial charge in [0, 0.05) is 11.6 Å². The Morgan fingerprint density at radius 2 is 1.89 bits per heavy atom. The highest BCUT2D eigenvalue weighted by Gasteiger charge is 2.34. The Balaban J connectivity index is 1.58. The number of aromatic nitrogens is 3. The summed E-state index contributed by atoms with van der Waals surface area (Å²) in [5.74, 6) is -0.894. The van der Waals surface area contributed by atoms with Gasteiger partial charge in [-0.1, -0.05) is 17.7 Å². The predicted octanol–water partition coefficient (Wildman–Crippen LogP) is 4.82. The fourth-order valence-corrected chi connectivity index (χ4v) is 4.61. The fourth-order valence-electron chi connectivity index (χ4n) is 3.55. The molecule has 3 aromatic heterocycles. The summed E-state index contributed by atoms with van der Waals surface area (Å²) in [6.07, 6.45) is -3.12. The first kappa shape index (κ1) is 24.2. The van der Waals surface area contributed by atoms with E-state index in [9.17, 15) is 22.8 Å². The van der Waals surface area contributed by atoms with Gasteiger partial charge in [-0.2, -0.15) is 18.3 Å². The lowest BCUT2D eigenvalue weighted by molar-refractivity contribution is -0.141. The van der Waals surface area contributed by atoms with Gasteiger partial charge in [0.1, 0.15) is 21.2 Å². The van der Waals surface area contributed by atoms with Crippen LogP contribution in [0, 0.1) is 20.8 Å². The number of carbonyl (C=O) groups excluding carboxylic acids is 2. The molecule has 0 spiro atoms. The molecule has 3 N–H and O–H groups in total. The van der Waals surface area contributed by atoms with Gasteiger partial charge in [0.2, 0.25) is 0 Å². The minimum Gasteiger partial charge on any atom is -0.471 e. The normalized spacial score (nSPS) is 11.6. The minimum absolute atomic E-state index is 0.00213. The number of benzene rings is 1. The van der Waals surface area contributed by atoms with Gasteiger partial charge >= 0.3 is 6.18 Å². The lowest BCUT2D eigenvalue weighted by Gasteiger charge is -2.10. The van der Waals surface area contributed by atoms with Crippen molar-refractivity contribution in [1.82, 2.24) is 14.8 Å². The molecule has 2 amide bonds. The summed E-state index contributed by atoms with van der Waals surface area (Å²) in [4.78, 5) is 28.3. The summed E-state index contributed by atoms with van der Waals surface area (Å²) in [7, 11) is 0. The van der Waals surface area contributed by atoms with E-state index >= 15 is 0 Å². The Morgan fingerprint density at radius 3 is 2.54 bits per heavy atom. The number of rotatable bonds is 6. The van der Waals surface area contributed by atoms with E-state index in [1.807, 2.05) is 32.0 Å². The van der Waals surface area contributed by atoms with Crippen molar-refractivity contribution in [3.8, 4) is 5.75 Å². The van der Waals surface area contributed by atoms with Gasteiger partial charge < -0.3 is 15.8 Å². The molecule has 0 aliphatic heterocycles. The van der Waals surface area contributed by atoms with Crippen LogP contribution >= 0.6 is 11.3 Å². The summed E-state index contributed by atoms with van der Waals surface area (Å²) in [6, 6.07) is 8.05. The summed E-state index contributed by atoms with van der Waals surface area (Å²) in [5.41, 5.74) is 6.59. The van der Waals surface area contributed by atoms with Crippen molar-refractivity contribution in [1.29, 1.82) is 0 Å². The molecule has 0 bridgehead atoms. The van der Waals surface area contributed by atoms with Crippen LogP contribution in [0.1, 0.15) is 42.5 Å². The van der Waals surface area contributed by atoms with Crippen molar-refractivity contribution in [3.63, 3.8) is 0 Å². The average Bonchev–Trinajstić information content (AvgIpc) is 3.38. The number of thiophene rings is 1. The van der Waals surface area contributed by atoms with Gasteiger partial charge in [-0.3, -0.25) is 9.59 Å². The number of ether oxygens (including phenoxy) is 1. The van der Waals surface area contributed by atoms with Crippen LogP contribution in [0.15, 0.2) is 36.5 Å². The van der Waals surface area contributed by atoms with Gasteiger partial charge in [0.05, 0.1) is 5.69 Å². The van der Waals surface area contributed by atoms with Crippen LogP contribution in [-0.2, 0) is 12.9 Å². The number of amides is 2. The molecule has 182 valence electrons. The van der Waals surface area contributed by atoms with E-state index in [1.165, 1.54) is 17.7 Å². The van der Waals surface area contributed by atoms with Gasteiger partial charge in [-0.05, 0) is 50.1 Å². The highest BCUT2D eigenvalue weighted by atomic mass is 32.1.